The molecule has 4 fully saturated rings. The molecule has 0 aromatic heterocycles. The molecular weight excluding hydrogens is 420 g/mol. The highest BCUT2D eigenvalue weighted by Crippen LogP contribution is 2.44. The summed E-state index contributed by atoms with van der Waals surface area (Å²) in [6, 6.07) is 3.90. The molecule has 2 aromatic rings. The smallest absolute Gasteiger partial charge is 0.136 e. The number of ether oxygens (including phenoxy) is 5. The Balaban J connectivity index is 1.44. The lowest BCUT2D eigenvalue weighted by Crippen LogP contribution is -2.14. The third-order valence-electron chi connectivity index (χ3n) is 7.24. The van der Waals surface area contributed by atoms with Crippen molar-refractivity contribution >= 4 is 11.4 Å². The predicted octanol–water partition coefficient (Wildman–Crippen LogP) is 3.03. The summed E-state index contributed by atoms with van der Waals surface area (Å²) in [6.07, 6.45) is 4.16. The van der Waals surface area contributed by atoms with Crippen LogP contribution in [0.5, 0.6) is 11.5 Å². The van der Waals surface area contributed by atoms with Gasteiger partial charge in [-0.05, 0) is 48.2 Å². The van der Waals surface area contributed by atoms with E-state index in [4.69, 9.17) is 35.2 Å². The monoisotopic (exact) mass is 452 g/mol. The molecule has 0 bridgehead atoms. The normalized spacial score (nSPS) is 26.8. The molecule has 4 N–H and O–H groups in total. The Morgan fingerprint density at radius 2 is 1.18 bits per heavy atom. The van der Waals surface area contributed by atoms with Crippen molar-refractivity contribution in [2.75, 3.05) is 37.9 Å². The summed E-state index contributed by atoms with van der Waals surface area (Å²) in [5.41, 5.74) is 21.5. The van der Waals surface area contributed by atoms with E-state index in [2.05, 4.69) is 13.8 Å². The van der Waals surface area contributed by atoms with Crippen LogP contribution in [0.2, 0.25) is 0 Å². The number of nitrogen functional groups attached to an aromatic ring is 2. The van der Waals surface area contributed by atoms with Crippen LogP contribution in [0.3, 0.4) is 0 Å². The average Bonchev–Trinajstić information content (AvgIpc) is 3.62. The number of hydrogen-bond donors (Lipinski definition) is 2. The summed E-state index contributed by atoms with van der Waals surface area (Å²) in [6.45, 7) is 7.38. The number of hydrogen-bond acceptors (Lipinski definition) is 7. The van der Waals surface area contributed by atoms with Gasteiger partial charge in [0.15, 0.2) is 0 Å². The van der Waals surface area contributed by atoms with Crippen LogP contribution in [0.4, 0.5) is 11.4 Å². The summed E-state index contributed by atoms with van der Waals surface area (Å²) in [7, 11) is 0. The standard InChI is InChI=1S/C26H32N2O5/c1-13-20(6-16-10-30-16)25(28)22(8-18-12-32-18)26(21(13)7-17-11-31-17)33-24-4-3-23(27)19(14(24)2)5-15-9-29-15/h3-4,15-18H,5-12,27-28H2,1-2H3. The Hall–Kier alpha value is -2.32. The van der Waals surface area contributed by atoms with Gasteiger partial charge in [-0.15, -0.1) is 0 Å². The molecule has 4 unspecified atom stereocenters. The molecule has 0 aliphatic carbocycles. The van der Waals surface area contributed by atoms with Crippen molar-refractivity contribution in [3.8, 4) is 11.5 Å². The summed E-state index contributed by atoms with van der Waals surface area (Å²) >= 11 is 0. The van der Waals surface area contributed by atoms with Gasteiger partial charge in [0.2, 0.25) is 0 Å². The third-order valence-corrected chi connectivity index (χ3v) is 7.24. The minimum Gasteiger partial charge on any atom is -0.456 e. The molecule has 4 aliphatic heterocycles. The van der Waals surface area contributed by atoms with E-state index in [9.17, 15) is 0 Å². The molecule has 7 nitrogen and oxygen atoms in total. The van der Waals surface area contributed by atoms with Crippen LogP contribution in [0.25, 0.3) is 0 Å². The van der Waals surface area contributed by atoms with Gasteiger partial charge in [-0.2, -0.15) is 0 Å². The van der Waals surface area contributed by atoms with Crippen LogP contribution in [0, 0.1) is 13.8 Å². The molecule has 0 amide bonds. The molecule has 4 saturated heterocycles. The van der Waals surface area contributed by atoms with E-state index < -0.39 is 0 Å². The SMILES string of the molecule is Cc1c(Oc2c(CC3CO3)c(C)c(CC3CO3)c(N)c2CC2CO2)ccc(N)c1CC1CO1. The summed E-state index contributed by atoms with van der Waals surface area (Å²) in [5, 5.41) is 0. The topological polar surface area (TPSA) is 111 Å². The molecule has 176 valence electrons. The van der Waals surface area contributed by atoms with Gasteiger partial charge in [-0.25, -0.2) is 0 Å². The highest BCUT2D eigenvalue weighted by molar-refractivity contribution is 5.68. The lowest BCUT2D eigenvalue weighted by atomic mass is 9.88. The maximum Gasteiger partial charge on any atom is 0.136 e. The minimum atomic E-state index is 0.197. The molecule has 0 spiro atoms. The fourth-order valence-electron chi connectivity index (χ4n) is 4.78. The van der Waals surface area contributed by atoms with Crippen LogP contribution in [-0.4, -0.2) is 50.8 Å². The van der Waals surface area contributed by atoms with E-state index in [-0.39, 0.29) is 24.4 Å². The van der Waals surface area contributed by atoms with Crippen molar-refractivity contribution in [1.82, 2.24) is 0 Å². The second-order valence-electron chi connectivity index (χ2n) is 9.80. The van der Waals surface area contributed by atoms with E-state index in [1.807, 2.05) is 12.1 Å². The van der Waals surface area contributed by atoms with Gasteiger partial charge < -0.3 is 35.2 Å². The Morgan fingerprint density at radius 1 is 0.697 bits per heavy atom. The zero-order valence-electron chi connectivity index (χ0n) is 19.3. The van der Waals surface area contributed by atoms with Crippen molar-refractivity contribution in [1.29, 1.82) is 0 Å². The maximum absolute atomic E-state index is 6.81. The number of anilines is 2. The molecule has 2 aromatic carbocycles. The fourth-order valence-corrected chi connectivity index (χ4v) is 4.78. The van der Waals surface area contributed by atoms with Crippen molar-refractivity contribution < 1.29 is 23.7 Å². The summed E-state index contributed by atoms with van der Waals surface area (Å²) in [5.74, 6) is 1.67. The Morgan fingerprint density at radius 3 is 1.73 bits per heavy atom. The molecule has 4 aliphatic rings. The number of rotatable bonds is 10. The highest BCUT2D eigenvalue weighted by atomic mass is 16.6. The summed E-state index contributed by atoms with van der Waals surface area (Å²) < 4.78 is 28.9. The molecule has 0 saturated carbocycles. The zero-order valence-corrected chi connectivity index (χ0v) is 19.3. The second-order valence-corrected chi connectivity index (χ2v) is 9.80. The Bertz CT molecular complexity index is 1040. The third kappa shape index (κ3) is 4.55. The van der Waals surface area contributed by atoms with Crippen LogP contribution < -0.4 is 16.2 Å². The van der Waals surface area contributed by atoms with Gasteiger partial charge in [0.25, 0.3) is 0 Å². The predicted molar refractivity (Wildman–Crippen MR) is 125 cm³/mol. The largest absolute Gasteiger partial charge is 0.456 e. The van der Waals surface area contributed by atoms with Crippen LogP contribution in [0.1, 0.15) is 33.4 Å². The molecule has 4 atom stereocenters. The minimum absolute atomic E-state index is 0.197. The quantitative estimate of drug-likeness (QED) is 0.421. The van der Waals surface area contributed by atoms with E-state index in [0.29, 0.717) is 0 Å². The van der Waals surface area contributed by atoms with Gasteiger partial charge in [-0.3, -0.25) is 0 Å². The van der Waals surface area contributed by atoms with E-state index >= 15 is 0 Å². The molecule has 6 rings (SSSR count). The molecule has 4 heterocycles. The van der Waals surface area contributed by atoms with Crippen molar-refractivity contribution in [3.63, 3.8) is 0 Å². The lowest BCUT2D eigenvalue weighted by molar-refractivity contribution is 0.394. The van der Waals surface area contributed by atoms with Gasteiger partial charge in [0.1, 0.15) is 11.5 Å². The molecule has 33 heavy (non-hydrogen) atoms. The highest BCUT2D eigenvalue weighted by Gasteiger charge is 2.34. The first kappa shape index (κ1) is 21.2. The summed E-state index contributed by atoms with van der Waals surface area (Å²) in [4.78, 5) is 0. The van der Waals surface area contributed by atoms with Crippen molar-refractivity contribution in [2.24, 2.45) is 0 Å². The van der Waals surface area contributed by atoms with E-state index in [1.54, 1.807) is 0 Å². The fraction of sp³-hybridized carbons (Fsp3) is 0.538. The van der Waals surface area contributed by atoms with Gasteiger partial charge in [-0.1, -0.05) is 0 Å². The zero-order chi connectivity index (χ0) is 22.7. The van der Waals surface area contributed by atoms with Gasteiger partial charge >= 0.3 is 0 Å². The van der Waals surface area contributed by atoms with Crippen LogP contribution >= 0.6 is 0 Å². The lowest BCUT2D eigenvalue weighted by Gasteiger charge is -2.24. The van der Waals surface area contributed by atoms with Gasteiger partial charge in [0.05, 0.1) is 50.8 Å². The first-order valence-corrected chi connectivity index (χ1v) is 11.9. The van der Waals surface area contributed by atoms with Crippen molar-refractivity contribution in [2.45, 2.75) is 63.9 Å². The van der Waals surface area contributed by atoms with E-state index in [1.165, 1.54) is 16.7 Å². The molecule has 0 radical (unpaired) electrons. The first-order chi connectivity index (χ1) is 16.0. The van der Waals surface area contributed by atoms with Gasteiger partial charge in [0, 0.05) is 48.2 Å². The Labute approximate surface area is 194 Å². The maximum atomic E-state index is 6.81. The van der Waals surface area contributed by atoms with Crippen molar-refractivity contribution in [3.05, 3.63) is 45.5 Å². The molecule has 7 heteroatoms. The van der Waals surface area contributed by atoms with Crippen LogP contribution in [0.15, 0.2) is 12.1 Å². The number of epoxide rings is 4. The number of nitrogens with two attached hydrogens (primary N) is 2. The molecular formula is C26H32N2O5. The van der Waals surface area contributed by atoms with E-state index in [0.717, 1.165) is 91.7 Å². The average molecular weight is 453 g/mol. The second kappa shape index (κ2) is 8.17. The Kier molecular flexibility index (Phi) is 5.25. The first-order valence-electron chi connectivity index (χ1n) is 11.9. The number of benzene rings is 2. The van der Waals surface area contributed by atoms with Crippen LogP contribution in [-0.2, 0) is 44.6 Å².